The number of unbranched alkanes of at least 4 members (excludes halogenated alkanes) is 2. The molecule has 0 bridgehead atoms. The predicted molar refractivity (Wildman–Crippen MR) is 131 cm³/mol. The van der Waals surface area contributed by atoms with Crippen LogP contribution in [-0.4, -0.2) is 44.4 Å². The van der Waals surface area contributed by atoms with Crippen molar-refractivity contribution in [3.05, 3.63) is 53.7 Å². The summed E-state index contributed by atoms with van der Waals surface area (Å²) in [4.78, 5) is 20.1. The number of amides is 1. The summed E-state index contributed by atoms with van der Waals surface area (Å²) in [6, 6.07) is 9.76. The smallest absolute Gasteiger partial charge is 0.294 e. The normalized spacial score (nSPS) is 13.8. The third kappa shape index (κ3) is 6.41. The van der Waals surface area contributed by atoms with Gasteiger partial charge < -0.3 is 20.1 Å². The van der Waals surface area contributed by atoms with Crippen molar-refractivity contribution in [2.75, 3.05) is 18.5 Å². The maximum absolute atomic E-state index is 12.7. The molecule has 180 valence electrons. The number of ether oxygens (including phenoxy) is 1. The van der Waals surface area contributed by atoms with Gasteiger partial charge in [0.15, 0.2) is 0 Å². The van der Waals surface area contributed by atoms with Gasteiger partial charge in [0.1, 0.15) is 17.4 Å². The third-order valence-electron chi connectivity index (χ3n) is 6.30. The zero-order valence-corrected chi connectivity index (χ0v) is 19.7. The molecule has 0 radical (unpaired) electrons. The van der Waals surface area contributed by atoms with Crippen LogP contribution < -0.4 is 10.1 Å². The molecule has 2 heterocycles. The maximum Gasteiger partial charge on any atom is 0.294 e. The Kier molecular flexibility index (Phi) is 8.25. The number of benzene rings is 1. The van der Waals surface area contributed by atoms with Gasteiger partial charge in [0, 0.05) is 19.2 Å². The Balaban J connectivity index is 1.40. The molecule has 0 atom stereocenters. The summed E-state index contributed by atoms with van der Waals surface area (Å²) in [7, 11) is 0. The number of carbonyl (C=O) groups is 1. The van der Waals surface area contributed by atoms with Crippen molar-refractivity contribution < 1.29 is 14.6 Å². The van der Waals surface area contributed by atoms with Crippen molar-refractivity contribution in [2.45, 2.75) is 58.3 Å². The Morgan fingerprint density at radius 2 is 2.00 bits per heavy atom. The quantitative estimate of drug-likeness (QED) is 0.355. The number of hydrogen-bond acceptors (Lipinski definition) is 6. The zero-order chi connectivity index (χ0) is 23.8. The lowest BCUT2D eigenvalue weighted by molar-refractivity contribution is 0.101. The van der Waals surface area contributed by atoms with E-state index in [0.717, 1.165) is 53.9 Å². The van der Waals surface area contributed by atoms with E-state index in [-0.39, 0.29) is 18.3 Å². The number of hydrogen-bond donors (Lipinski definition) is 3. The SMILES string of the molecule is Cc1ccc(OCCCCCO)cc1-c1ccnc(NC(=O)c2nnc(CC3CCCC3)[nH]2)c1. The molecule has 1 fully saturated rings. The van der Waals surface area contributed by atoms with Crippen molar-refractivity contribution >= 4 is 11.7 Å². The standard InChI is InChI=1S/C26H33N5O3/c1-18-9-10-21(34-14-6-2-5-13-32)17-22(18)20-11-12-27-23(16-20)29-26(33)25-28-24(30-31-25)15-19-7-3-4-8-19/h9-12,16-17,19,32H,2-8,13-15H2,1H3,(H,27,29,33)(H,28,30,31). The van der Waals surface area contributed by atoms with Gasteiger partial charge in [0.2, 0.25) is 5.82 Å². The number of aromatic nitrogens is 4. The van der Waals surface area contributed by atoms with E-state index >= 15 is 0 Å². The predicted octanol–water partition coefficient (Wildman–Crippen LogP) is 4.70. The van der Waals surface area contributed by atoms with Crippen LogP contribution >= 0.6 is 0 Å². The Morgan fingerprint density at radius 3 is 2.82 bits per heavy atom. The lowest BCUT2D eigenvalue weighted by atomic mass is 10.0. The number of nitrogens with zero attached hydrogens (tertiary/aromatic N) is 3. The molecule has 0 saturated heterocycles. The molecule has 8 heteroatoms. The van der Waals surface area contributed by atoms with Crippen molar-refractivity contribution in [3.63, 3.8) is 0 Å². The summed E-state index contributed by atoms with van der Waals surface area (Å²) in [5, 5.41) is 19.9. The summed E-state index contributed by atoms with van der Waals surface area (Å²) >= 11 is 0. The van der Waals surface area contributed by atoms with Gasteiger partial charge in [-0.25, -0.2) is 4.98 Å². The fourth-order valence-corrected chi connectivity index (χ4v) is 4.40. The van der Waals surface area contributed by atoms with Crippen LogP contribution in [0.4, 0.5) is 5.82 Å². The first-order chi connectivity index (χ1) is 16.6. The van der Waals surface area contributed by atoms with Crippen LogP contribution in [0.15, 0.2) is 36.5 Å². The molecular weight excluding hydrogens is 430 g/mol. The lowest BCUT2D eigenvalue weighted by Crippen LogP contribution is -2.15. The Hall–Kier alpha value is -3.26. The fourth-order valence-electron chi connectivity index (χ4n) is 4.40. The lowest BCUT2D eigenvalue weighted by Gasteiger charge is -2.12. The third-order valence-corrected chi connectivity index (χ3v) is 6.30. The molecule has 0 aliphatic heterocycles. The highest BCUT2D eigenvalue weighted by Gasteiger charge is 2.19. The largest absolute Gasteiger partial charge is 0.494 e. The van der Waals surface area contributed by atoms with Crippen LogP contribution in [0.2, 0.25) is 0 Å². The first-order valence-electron chi connectivity index (χ1n) is 12.2. The van der Waals surface area contributed by atoms with Gasteiger partial charge in [0.05, 0.1) is 6.61 Å². The highest BCUT2D eigenvalue weighted by molar-refractivity contribution is 6.01. The van der Waals surface area contributed by atoms with Crippen LogP contribution in [0.3, 0.4) is 0 Å². The molecule has 3 N–H and O–H groups in total. The summed E-state index contributed by atoms with van der Waals surface area (Å²) < 4.78 is 5.89. The van der Waals surface area contributed by atoms with Gasteiger partial charge in [-0.15, -0.1) is 10.2 Å². The molecular formula is C26H33N5O3. The van der Waals surface area contributed by atoms with Crippen molar-refractivity contribution in [1.29, 1.82) is 0 Å². The molecule has 0 unspecified atom stereocenters. The number of aromatic amines is 1. The number of pyridine rings is 1. The van der Waals surface area contributed by atoms with E-state index in [1.807, 2.05) is 37.3 Å². The highest BCUT2D eigenvalue weighted by atomic mass is 16.5. The Bertz CT molecular complexity index is 1090. The number of carbonyl (C=O) groups excluding carboxylic acids is 1. The number of rotatable bonds is 11. The second-order valence-corrected chi connectivity index (χ2v) is 8.97. The summed E-state index contributed by atoms with van der Waals surface area (Å²) in [6.45, 7) is 2.87. The molecule has 2 aromatic heterocycles. The summed E-state index contributed by atoms with van der Waals surface area (Å²) in [5.74, 6) is 2.49. The van der Waals surface area contributed by atoms with E-state index in [1.165, 1.54) is 25.7 Å². The topological polar surface area (TPSA) is 113 Å². The van der Waals surface area contributed by atoms with Gasteiger partial charge in [-0.1, -0.05) is 31.7 Å². The maximum atomic E-state index is 12.7. The minimum Gasteiger partial charge on any atom is -0.494 e. The van der Waals surface area contributed by atoms with Gasteiger partial charge in [-0.2, -0.15) is 0 Å². The first kappa shape index (κ1) is 23.9. The van der Waals surface area contributed by atoms with E-state index in [4.69, 9.17) is 9.84 Å². The molecule has 1 amide bonds. The second kappa shape index (κ2) is 11.7. The number of H-pyrrole nitrogens is 1. The zero-order valence-electron chi connectivity index (χ0n) is 19.7. The molecule has 1 aliphatic rings. The van der Waals surface area contributed by atoms with E-state index < -0.39 is 0 Å². The second-order valence-electron chi connectivity index (χ2n) is 8.97. The van der Waals surface area contributed by atoms with Gasteiger partial charge in [-0.3, -0.25) is 4.79 Å². The Labute approximate surface area is 200 Å². The van der Waals surface area contributed by atoms with Crippen LogP contribution in [0.25, 0.3) is 11.1 Å². The van der Waals surface area contributed by atoms with Gasteiger partial charge in [0.25, 0.3) is 5.91 Å². The van der Waals surface area contributed by atoms with Crippen molar-refractivity contribution in [3.8, 4) is 16.9 Å². The first-order valence-corrected chi connectivity index (χ1v) is 12.2. The van der Waals surface area contributed by atoms with E-state index in [2.05, 4.69) is 25.5 Å². The number of anilines is 1. The minimum atomic E-state index is -0.355. The van der Waals surface area contributed by atoms with Crippen LogP contribution in [0.1, 0.15) is 67.0 Å². The molecule has 1 saturated carbocycles. The van der Waals surface area contributed by atoms with Crippen LogP contribution in [-0.2, 0) is 6.42 Å². The Morgan fingerprint density at radius 1 is 1.15 bits per heavy atom. The average molecular weight is 464 g/mol. The fraction of sp³-hybridized carbons (Fsp3) is 0.462. The van der Waals surface area contributed by atoms with Crippen LogP contribution in [0.5, 0.6) is 5.75 Å². The molecule has 3 aromatic rings. The summed E-state index contributed by atoms with van der Waals surface area (Å²) in [6.07, 6.45) is 10.1. The van der Waals surface area contributed by atoms with Gasteiger partial charge in [-0.05, 0) is 73.1 Å². The molecule has 34 heavy (non-hydrogen) atoms. The number of nitrogens with one attached hydrogen (secondary N) is 2. The van der Waals surface area contributed by atoms with Gasteiger partial charge >= 0.3 is 0 Å². The molecule has 1 aromatic carbocycles. The average Bonchev–Trinajstić information content (AvgIpc) is 3.53. The number of aliphatic hydroxyl groups is 1. The summed E-state index contributed by atoms with van der Waals surface area (Å²) in [5.41, 5.74) is 3.06. The minimum absolute atomic E-state index is 0.202. The molecule has 4 rings (SSSR count). The molecule has 0 spiro atoms. The van der Waals surface area contributed by atoms with E-state index in [1.54, 1.807) is 6.20 Å². The van der Waals surface area contributed by atoms with Crippen molar-refractivity contribution in [2.24, 2.45) is 5.92 Å². The molecule has 1 aliphatic carbocycles. The monoisotopic (exact) mass is 463 g/mol. The molecule has 8 nitrogen and oxygen atoms in total. The number of aliphatic hydroxyl groups excluding tert-OH is 1. The van der Waals surface area contributed by atoms with Crippen LogP contribution in [0, 0.1) is 12.8 Å². The number of aryl methyl sites for hydroxylation is 1. The van der Waals surface area contributed by atoms with E-state index in [0.29, 0.717) is 18.3 Å². The van der Waals surface area contributed by atoms with Crippen molar-refractivity contribution in [1.82, 2.24) is 20.2 Å². The highest BCUT2D eigenvalue weighted by Crippen LogP contribution is 2.29. The van der Waals surface area contributed by atoms with E-state index in [9.17, 15) is 4.79 Å².